The molecule has 1 aliphatic carbocycles. The van der Waals surface area contributed by atoms with E-state index in [0.29, 0.717) is 11.8 Å². The minimum absolute atomic E-state index is 0.00217. The van der Waals surface area contributed by atoms with Gasteiger partial charge in [-0.3, -0.25) is 0 Å². The van der Waals surface area contributed by atoms with Gasteiger partial charge in [0.05, 0.1) is 6.04 Å². The third-order valence-electron chi connectivity index (χ3n) is 3.77. The van der Waals surface area contributed by atoms with Crippen LogP contribution in [0.3, 0.4) is 0 Å². The Kier molecular flexibility index (Phi) is 2.88. The average Bonchev–Trinajstić information content (AvgIpc) is 3.08. The van der Waals surface area contributed by atoms with Crippen LogP contribution in [0.2, 0.25) is 0 Å². The van der Waals surface area contributed by atoms with Crippen molar-refractivity contribution in [2.24, 2.45) is 11.7 Å². The van der Waals surface area contributed by atoms with Crippen LogP contribution < -0.4 is 5.73 Å². The average molecular weight is 242 g/mol. The number of nitrogens with two attached hydrogens (primary N) is 1. The van der Waals surface area contributed by atoms with Crippen molar-refractivity contribution in [3.05, 3.63) is 48.0 Å². The summed E-state index contributed by atoms with van der Waals surface area (Å²) < 4.78 is 1.89. The van der Waals surface area contributed by atoms with Crippen LogP contribution in [0.4, 0.5) is 0 Å². The Hall–Kier alpha value is -1.68. The van der Waals surface area contributed by atoms with Crippen LogP contribution in [0, 0.1) is 5.92 Å². The minimum Gasteiger partial charge on any atom is -0.321 e. The van der Waals surface area contributed by atoms with Crippen molar-refractivity contribution in [1.29, 1.82) is 0 Å². The van der Waals surface area contributed by atoms with Crippen molar-refractivity contribution in [2.45, 2.75) is 31.8 Å². The highest BCUT2D eigenvalue weighted by Gasteiger charge is 2.44. The normalized spacial score (nSPS) is 23.9. The van der Waals surface area contributed by atoms with Crippen molar-refractivity contribution in [3.8, 4) is 0 Å². The highest BCUT2D eigenvalue weighted by atomic mass is 15.3. The van der Waals surface area contributed by atoms with Crippen molar-refractivity contribution in [1.82, 2.24) is 14.8 Å². The monoisotopic (exact) mass is 242 g/mol. The van der Waals surface area contributed by atoms with E-state index in [1.54, 1.807) is 6.33 Å². The van der Waals surface area contributed by atoms with Crippen LogP contribution in [0.5, 0.6) is 0 Å². The third-order valence-corrected chi connectivity index (χ3v) is 3.77. The zero-order valence-electron chi connectivity index (χ0n) is 10.5. The maximum absolute atomic E-state index is 6.33. The molecule has 0 saturated heterocycles. The van der Waals surface area contributed by atoms with Crippen LogP contribution in [0.15, 0.2) is 36.7 Å². The van der Waals surface area contributed by atoms with Crippen molar-refractivity contribution in [2.75, 3.05) is 0 Å². The summed E-state index contributed by atoms with van der Waals surface area (Å²) in [4.78, 5) is 4.30. The van der Waals surface area contributed by atoms with Gasteiger partial charge in [0.2, 0.25) is 0 Å². The number of aromatic nitrogens is 3. The molecule has 1 fully saturated rings. The molecule has 0 amide bonds. The lowest BCUT2D eigenvalue weighted by Crippen LogP contribution is -2.19. The number of aryl methyl sites for hydroxylation is 1. The molecule has 1 saturated carbocycles. The SMILES string of the molecule is CCn1ncnc1C(N)C1CC1c1ccccc1. The summed E-state index contributed by atoms with van der Waals surface area (Å²) in [7, 11) is 0. The number of nitrogens with zero attached hydrogens (tertiary/aromatic N) is 3. The van der Waals surface area contributed by atoms with Gasteiger partial charge in [-0.25, -0.2) is 9.67 Å². The number of hydrogen-bond acceptors (Lipinski definition) is 3. The van der Waals surface area contributed by atoms with Gasteiger partial charge in [-0.05, 0) is 30.7 Å². The largest absolute Gasteiger partial charge is 0.321 e. The van der Waals surface area contributed by atoms with Gasteiger partial charge in [0.1, 0.15) is 12.2 Å². The Labute approximate surface area is 107 Å². The molecular weight excluding hydrogens is 224 g/mol. The van der Waals surface area contributed by atoms with Gasteiger partial charge in [-0.1, -0.05) is 30.3 Å². The highest BCUT2D eigenvalue weighted by molar-refractivity contribution is 5.27. The van der Waals surface area contributed by atoms with Crippen LogP contribution in [-0.4, -0.2) is 14.8 Å². The molecule has 3 unspecified atom stereocenters. The van der Waals surface area contributed by atoms with E-state index in [-0.39, 0.29) is 6.04 Å². The molecule has 94 valence electrons. The van der Waals surface area contributed by atoms with E-state index in [1.807, 2.05) is 4.68 Å². The van der Waals surface area contributed by atoms with Crippen molar-refractivity contribution in [3.63, 3.8) is 0 Å². The van der Waals surface area contributed by atoms with Gasteiger partial charge >= 0.3 is 0 Å². The number of hydrogen-bond donors (Lipinski definition) is 1. The van der Waals surface area contributed by atoms with Crippen LogP contribution >= 0.6 is 0 Å². The fourth-order valence-corrected chi connectivity index (χ4v) is 2.66. The second-order valence-corrected chi connectivity index (χ2v) is 4.88. The topological polar surface area (TPSA) is 56.7 Å². The fourth-order valence-electron chi connectivity index (χ4n) is 2.66. The summed E-state index contributed by atoms with van der Waals surface area (Å²) in [6.45, 7) is 2.89. The predicted octanol–water partition coefficient (Wildman–Crippen LogP) is 2.10. The number of benzene rings is 1. The molecule has 0 radical (unpaired) electrons. The Morgan fingerprint density at radius 1 is 1.39 bits per heavy atom. The molecule has 1 aliphatic rings. The zero-order chi connectivity index (χ0) is 12.5. The Bertz CT molecular complexity index is 520. The first-order chi connectivity index (χ1) is 8.81. The maximum Gasteiger partial charge on any atom is 0.144 e. The molecule has 0 spiro atoms. The molecule has 3 rings (SSSR count). The second kappa shape index (κ2) is 4.53. The zero-order valence-corrected chi connectivity index (χ0v) is 10.5. The van der Waals surface area contributed by atoms with Crippen molar-refractivity contribution < 1.29 is 0 Å². The molecule has 0 aliphatic heterocycles. The first kappa shape index (κ1) is 11.4. The summed E-state index contributed by atoms with van der Waals surface area (Å²) in [6, 6.07) is 10.6. The summed E-state index contributed by atoms with van der Waals surface area (Å²) in [5.41, 5.74) is 7.71. The van der Waals surface area contributed by atoms with E-state index in [4.69, 9.17) is 5.73 Å². The molecule has 0 bridgehead atoms. The summed E-state index contributed by atoms with van der Waals surface area (Å²) >= 11 is 0. The molecule has 1 aromatic heterocycles. The van der Waals surface area contributed by atoms with E-state index in [9.17, 15) is 0 Å². The predicted molar refractivity (Wildman–Crippen MR) is 69.9 cm³/mol. The molecule has 4 heteroatoms. The third kappa shape index (κ3) is 1.93. The lowest BCUT2D eigenvalue weighted by atomic mass is 10.1. The minimum atomic E-state index is -0.00217. The molecule has 1 heterocycles. The molecule has 2 aromatic rings. The lowest BCUT2D eigenvalue weighted by molar-refractivity contribution is 0.515. The Morgan fingerprint density at radius 3 is 2.89 bits per heavy atom. The van der Waals surface area contributed by atoms with Gasteiger partial charge in [-0.15, -0.1) is 0 Å². The molecule has 4 nitrogen and oxygen atoms in total. The van der Waals surface area contributed by atoms with Crippen molar-refractivity contribution >= 4 is 0 Å². The van der Waals surface area contributed by atoms with E-state index in [2.05, 4.69) is 47.3 Å². The fraction of sp³-hybridized carbons (Fsp3) is 0.429. The number of rotatable bonds is 4. The van der Waals surface area contributed by atoms with E-state index in [0.717, 1.165) is 18.8 Å². The molecule has 2 N–H and O–H groups in total. The molecular formula is C14H18N4. The van der Waals surface area contributed by atoms with E-state index >= 15 is 0 Å². The van der Waals surface area contributed by atoms with Gasteiger partial charge in [0, 0.05) is 6.54 Å². The quantitative estimate of drug-likeness (QED) is 0.893. The van der Waals surface area contributed by atoms with Crippen LogP contribution in [0.1, 0.15) is 36.7 Å². The standard InChI is InChI=1S/C14H18N4/c1-2-18-14(16-9-17-18)13(15)12-8-11(12)10-6-4-3-5-7-10/h3-7,9,11-13H,2,8,15H2,1H3. The Balaban J connectivity index is 1.75. The molecule has 3 atom stereocenters. The maximum atomic E-state index is 6.33. The van der Waals surface area contributed by atoms with E-state index < -0.39 is 0 Å². The lowest BCUT2D eigenvalue weighted by Gasteiger charge is -2.11. The highest BCUT2D eigenvalue weighted by Crippen LogP contribution is 2.52. The molecule has 18 heavy (non-hydrogen) atoms. The van der Waals surface area contributed by atoms with Gasteiger partial charge in [0.15, 0.2) is 0 Å². The van der Waals surface area contributed by atoms with Gasteiger partial charge in [-0.2, -0.15) is 5.10 Å². The smallest absolute Gasteiger partial charge is 0.144 e. The van der Waals surface area contributed by atoms with Gasteiger partial charge in [0.25, 0.3) is 0 Å². The molecule has 1 aromatic carbocycles. The van der Waals surface area contributed by atoms with Crippen LogP contribution in [-0.2, 0) is 6.54 Å². The second-order valence-electron chi connectivity index (χ2n) is 4.88. The first-order valence-electron chi connectivity index (χ1n) is 6.49. The summed E-state index contributed by atoms with van der Waals surface area (Å²) in [6.07, 6.45) is 2.75. The summed E-state index contributed by atoms with van der Waals surface area (Å²) in [5, 5.41) is 4.19. The summed E-state index contributed by atoms with van der Waals surface area (Å²) in [5.74, 6) is 2.01. The van der Waals surface area contributed by atoms with E-state index in [1.165, 1.54) is 5.56 Å². The van der Waals surface area contributed by atoms with Crippen LogP contribution in [0.25, 0.3) is 0 Å². The Morgan fingerprint density at radius 2 is 2.17 bits per heavy atom. The first-order valence-corrected chi connectivity index (χ1v) is 6.49. The van der Waals surface area contributed by atoms with Gasteiger partial charge < -0.3 is 5.73 Å².